The van der Waals surface area contributed by atoms with Gasteiger partial charge in [-0.2, -0.15) is 5.26 Å². The molecule has 1 amide bonds. The number of para-hydroxylation sites is 1. The summed E-state index contributed by atoms with van der Waals surface area (Å²) < 4.78 is 6.03. The van der Waals surface area contributed by atoms with Gasteiger partial charge in [0, 0.05) is 5.56 Å². The molecule has 0 radical (unpaired) electrons. The van der Waals surface area contributed by atoms with Crippen LogP contribution in [0.25, 0.3) is 16.8 Å². The fourth-order valence-electron chi connectivity index (χ4n) is 3.52. The van der Waals surface area contributed by atoms with E-state index in [4.69, 9.17) is 16.3 Å². The SMILES string of the molecule is Cc1ccc2ccccc2c1COc1ccc(/C=C(\C#N)C(=O)Nc2ccccc2Cl)cc1. The number of rotatable bonds is 6. The molecule has 0 aromatic heterocycles. The van der Waals surface area contributed by atoms with Crippen molar-refractivity contribution in [3.05, 3.63) is 112 Å². The fourth-order valence-corrected chi connectivity index (χ4v) is 3.70. The molecule has 1 N–H and O–H groups in total. The first-order valence-corrected chi connectivity index (χ1v) is 10.8. The lowest BCUT2D eigenvalue weighted by Gasteiger charge is -2.12. The zero-order valence-electron chi connectivity index (χ0n) is 18.0. The molecule has 0 aliphatic rings. The van der Waals surface area contributed by atoms with Crippen LogP contribution in [0.5, 0.6) is 5.75 Å². The molecular weight excluding hydrogens is 432 g/mol. The Balaban J connectivity index is 1.46. The summed E-state index contributed by atoms with van der Waals surface area (Å²) in [6.45, 7) is 2.53. The van der Waals surface area contributed by atoms with E-state index < -0.39 is 5.91 Å². The number of carbonyl (C=O) groups is 1. The summed E-state index contributed by atoms with van der Waals surface area (Å²) in [6.07, 6.45) is 1.53. The second-order valence-electron chi connectivity index (χ2n) is 7.54. The van der Waals surface area contributed by atoms with E-state index in [2.05, 4.69) is 36.5 Å². The number of ether oxygens (including phenoxy) is 1. The summed E-state index contributed by atoms with van der Waals surface area (Å²) in [6, 6.07) is 28.6. The quantitative estimate of drug-likeness (QED) is 0.255. The molecule has 0 atom stereocenters. The molecule has 0 aliphatic carbocycles. The maximum atomic E-state index is 12.5. The van der Waals surface area contributed by atoms with Crippen LogP contribution >= 0.6 is 11.6 Å². The van der Waals surface area contributed by atoms with E-state index in [0.29, 0.717) is 23.1 Å². The molecule has 0 saturated carbocycles. The van der Waals surface area contributed by atoms with E-state index in [0.717, 1.165) is 11.1 Å². The molecule has 0 spiro atoms. The van der Waals surface area contributed by atoms with Crippen LogP contribution < -0.4 is 10.1 Å². The van der Waals surface area contributed by atoms with Crippen LogP contribution in [-0.2, 0) is 11.4 Å². The molecule has 5 heteroatoms. The number of nitrogens with one attached hydrogen (secondary N) is 1. The lowest BCUT2D eigenvalue weighted by Crippen LogP contribution is -2.13. The minimum Gasteiger partial charge on any atom is -0.489 e. The predicted octanol–water partition coefficient (Wildman–Crippen LogP) is 6.93. The molecule has 0 unspecified atom stereocenters. The molecular formula is C28H21ClN2O2. The van der Waals surface area contributed by atoms with Crippen molar-refractivity contribution in [1.82, 2.24) is 0 Å². The van der Waals surface area contributed by atoms with E-state index in [-0.39, 0.29) is 5.57 Å². The van der Waals surface area contributed by atoms with Crippen molar-refractivity contribution in [3.63, 3.8) is 0 Å². The highest BCUT2D eigenvalue weighted by atomic mass is 35.5. The van der Waals surface area contributed by atoms with Crippen LogP contribution in [0, 0.1) is 18.3 Å². The zero-order chi connectivity index (χ0) is 23.2. The molecule has 4 aromatic carbocycles. The smallest absolute Gasteiger partial charge is 0.266 e. The first-order valence-electron chi connectivity index (χ1n) is 10.4. The number of carbonyl (C=O) groups excluding carboxylic acids is 1. The van der Waals surface area contributed by atoms with Crippen molar-refractivity contribution in [1.29, 1.82) is 5.26 Å². The van der Waals surface area contributed by atoms with E-state index in [1.54, 1.807) is 24.3 Å². The Morgan fingerprint density at radius 3 is 2.48 bits per heavy atom. The number of nitrogens with zero attached hydrogens (tertiary/aromatic N) is 1. The highest BCUT2D eigenvalue weighted by molar-refractivity contribution is 6.34. The van der Waals surface area contributed by atoms with E-state index in [1.807, 2.05) is 42.5 Å². The molecule has 4 aromatic rings. The Morgan fingerprint density at radius 2 is 1.73 bits per heavy atom. The molecule has 162 valence electrons. The topological polar surface area (TPSA) is 62.1 Å². The van der Waals surface area contributed by atoms with Crippen molar-refractivity contribution < 1.29 is 9.53 Å². The molecule has 0 bridgehead atoms. The third-order valence-electron chi connectivity index (χ3n) is 5.34. The maximum Gasteiger partial charge on any atom is 0.266 e. The average molecular weight is 453 g/mol. The predicted molar refractivity (Wildman–Crippen MR) is 133 cm³/mol. The van der Waals surface area contributed by atoms with Gasteiger partial charge in [0.25, 0.3) is 5.91 Å². The number of hydrogen-bond donors (Lipinski definition) is 1. The lowest BCUT2D eigenvalue weighted by molar-refractivity contribution is -0.112. The van der Waals surface area contributed by atoms with Gasteiger partial charge in [-0.15, -0.1) is 0 Å². The van der Waals surface area contributed by atoms with Crippen molar-refractivity contribution in [2.75, 3.05) is 5.32 Å². The van der Waals surface area contributed by atoms with Crippen LogP contribution in [0.3, 0.4) is 0 Å². The van der Waals surface area contributed by atoms with E-state index >= 15 is 0 Å². The maximum absolute atomic E-state index is 12.5. The summed E-state index contributed by atoms with van der Waals surface area (Å²) in [7, 11) is 0. The number of nitriles is 1. The molecule has 0 saturated heterocycles. The van der Waals surface area contributed by atoms with Gasteiger partial charge >= 0.3 is 0 Å². The van der Waals surface area contributed by atoms with Crippen molar-refractivity contribution in [2.45, 2.75) is 13.5 Å². The van der Waals surface area contributed by atoms with E-state index in [9.17, 15) is 10.1 Å². The van der Waals surface area contributed by atoms with Crippen LogP contribution in [0.4, 0.5) is 5.69 Å². The molecule has 0 aliphatic heterocycles. The third kappa shape index (κ3) is 5.23. The monoisotopic (exact) mass is 452 g/mol. The standard InChI is InChI=1S/C28H21ClN2O2/c1-19-10-13-21-6-2-3-7-24(21)25(19)18-33-23-14-11-20(12-15-23)16-22(17-30)28(32)31-27-9-5-4-8-26(27)29/h2-16H,18H2,1H3,(H,31,32)/b22-16+. The van der Waals surface area contributed by atoms with Gasteiger partial charge in [-0.1, -0.05) is 72.3 Å². The fraction of sp³-hybridized carbons (Fsp3) is 0.0714. The van der Waals surface area contributed by atoms with Crippen molar-refractivity contribution in [3.8, 4) is 11.8 Å². The highest BCUT2D eigenvalue weighted by Crippen LogP contribution is 2.25. The Kier molecular flexibility index (Phi) is 6.73. The van der Waals surface area contributed by atoms with Gasteiger partial charge in [-0.25, -0.2) is 0 Å². The van der Waals surface area contributed by atoms with Crippen molar-refractivity contribution in [2.24, 2.45) is 0 Å². The summed E-state index contributed by atoms with van der Waals surface area (Å²) >= 11 is 6.08. The van der Waals surface area contributed by atoms with Crippen LogP contribution in [0.1, 0.15) is 16.7 Å². The van der Waals surface area contributed by atoms with Crippen molar-refractivity contribution >= 4 is 40.0 Å². The normalized spacial score (nSPS) is 11.1. The number of aryl methyl sites for hydroxylation is 1. The molecule has 33 heavy (non-hydrogen) atoms. The number of benzene rings is 4. The Labute approximate surface area is 197 Å². The first-order chi connectivity index (χ1) is 16.0. The summed E-state index contributed by atoms with van der Waals surface area (Å²) in [5, 5.41) is 14.9. The van der Waals surface area contributed by atoms with Gasteiger partial charge in [0.2, 0.25) is 0 Å². The first kappa shape index (κ1) is 22.1. The van der Waals surface area contributed by atoms with E-state index in [1.165, 1.54) is 22.4 Å². The number of hydrogen-bond acceptors (Lipinski definition) is 3. The largest absolute Gasteiger partial charge is 0.489 e. The Hall–Kier alpha value is -4.07. The van der Waals surface area contributed by atoms with Crippen LogP contribution in [0.15, 0.2) is 90.5 Å². The minimum absolute atomic E-state index is 0.0185. The third-order valence-corrected chi connectivity index (χ3v) is 5.67. The minimum atomic E-state index is -0.516. The Morgan fingerprint density at radius 1 is 1.00 bits per heavy atom. The number of anilines is 1. The van der Waals surface area contributed by atoms with Gasteiger partial charge in [0.1, 0.15) is 24.0 Å². The zero-order valence-corrected chi connectivity index (χ0v) is 18.8. The number of halogens is 1. The number of amides is 1. The Bertz CT molecular complexity index is 1390. The summed E-state index contributed by atoms with van der Waals surface area (Å²) in [5.74, 6) is 0.191. The second-order valence-corrected chi connectivity index (χ2v) is 7.95. The second kappa shape index (κ2) is 10.0. The average Bonchev–Trinajstić information content (AvgIpc) is 2.84. The van der Waals surface area contributed by atoms with Crippen LogP contribution in [0.2, 0.25) is 5.02 Å². The summed E-state index contributed by atoms with van der Waals surface area (Å²) in [4.78, 5) is 12.5. The van der Waals surface area contributed by atoms with Gasteiger partial charge < -0.3 is 10.1 Å². The van der Waals surface area contributed by atoms with Crippen LogP contribution in [-0.4, -0.2) is 5.91 Å². The highest BCUT2D eigenvalue weighted by Gasteiger charge is 2.11. The summed E-state index contributed by atoms with van der Waals surface area (Å²) in [5.41, 5.74) is 3.49. The molecule has 0 heterocycles. The molecule has 4 rings (SSSR count). The van der Waals surface area contributed by atoms with Gasteiger partial charge in [0.15, 0.2) is 0 Å². The van der Waals surface area contributed by atoms with Gasteiger partial charge in [0.05, 0.1) is 10.7 Å². The molecule has 0 fully saturated rings. The van der Waals surface area contributed by atoms with Gasteiger partial charge in [-0.05, 0) is 59.2 Å². The van der Waals surface area contributed by atoms with Gasteiger partial charge in [-0.3, -0.25) is 4.79 Å². The number of fused-ring (bicyclic) bond motifs is 1. The molecule has 4 nitrogen and oxygen atoms in total. The lowest BCUT2D eigenvalue weighted by atomic mass is 10.0.